The summed E-state index contributed by atoms with van der Waals surface area (Å²) < 4.78 is 51.2. The molecule has 8 fully saturated rings. The predicted molar refractivity (Wildman–Crippen MR) is 380 cm³/mol. The molecule has 28 heteroatoms. The Balaban J connectivity index is 0.000000302. The highest BCUT2D eigenvalue weighted by atomic mass is 35.5. The van der Waals surface area contributed by atoms with Gasteiger partial charge < -0.3 is 68.1 Å². The lowest BCUT2D eigenvalue weighted by atomic mass is 9.85. The van der Waals surface area contributed by atoms with Gasteiger partial charge in [0.05, 0.1) is 26.0 Å². The van der Waals surface area contributed by atoms with Gasteiger partial charge in [0.2, 0.25) is 17.7 Å². The van der Waals surface area contributed by atoms with E-state index in [1.807, 2.05) is 55.4 Å². The largest absolute Gasteiger partial charge is 0.480 e. The molecule has 560 valence electrons. The topological polar surface area (TPSA) is 382 Å². The third-order valence-electron chi connectivity index (χ3n) is 21.9. The molecule has 2 heterocycles. The quantitative estimate of drug-likeness (QED) is 0.0551. The first-order valence-corrected chi connectivity index (χ1v) is 38.3. The summed E-state index contributed by atoms with van der Waals surface area (Å²) in [5.41, 5.74) is 3.98. The van der Waals surface area contributed by atoms with Crippen molar-refractivity contribution in [2.24, 2.45) is 62.9 Å². The Morgan fingerprint density at radius 1 is 0.551 bits per heavy atom. The molecule has 12 N–H and O–H groups in total. The Morgan fingerprint density at radius 2 is 0.908 bits per heavy atom. The molecule has 0 spiro atoms. The van der Waals surface area contributed by atoms with Crippen molar-refractivity contribution in [2.45, 2.75) is 281 Å². The number of sulfone groups is 2. The molecule has 25 nitrogen and oxygen atoms in total. The molecule has 2 aliphatic heterocycles. The van der Waals surface area contributed by atoms with Crippen molar-refractivity contribution in [3.05, 3.63) is 25.3 Å². The molecule has 9 amide bonds. The van der Waals surface area contributed by atoms with Crippen LogP contribution in [0.1, 0.15) is 201 Å². The number of carboxylic acids is 1. The van der Waals surface area contributed by atoms with Crippen LogP contribution in [-0.2, 0) is 48.4 Å². The van der Waals surface area contributed by atoms with Crippen molar-refractivity contribution in [2.75, 3.05) is 26.2 Å². The van der Waals surface area contributed by atoms with Crippen LogP contribution in [0.5, 0.6) is 0 Å². The van der Waals surface area contributed by atoms with E-state index >= 15 is 0 Å². The number of halogens is 1. The molecule has 2 saturated heterocycles. The van der Waals surface area contributed by atoms with Gasteiger partial charge in [-0.15, -0.1) is 25.6 Å². The fourth-order valence-corrected chi connectivity index (χ4v) is 19.2. The van der Waals surface area contributed by atoms with Gasteiger partial charge in [-0.05, 0) is 131 Å². The number of urea groups is 2. The maximum absolute atomic E-state index is 14.4. The first kappa shape index (κ1) is 83.6. The summed E-state index contributed by atoms with van der Waals surface area (Å²) in [4.78, 5) is 108. The minimum absolute atomic E-state index is 0. The predicted octanol–water partition coefficient (Wildman–Crippen LogP) is 5.65. The maximum Gasteiger partial charge on any atom is 0.326 e. The van der Waals surface area contributed by atoms with E-state index in [1.54, 1.807) is 52.5 Å². The molecule has 0 aromatic rings. The van der Waals surface area contributed by atoms with Gasteiger partial charge in [0.15, 0.2) is 25.8 Å². The number of hydrogen-bond acceptors (Lipinski definition) is 15. The zero-order chi connectivity index (χ0) is 73.3. The lowest BCUT2D eigenvalue weighted by Crippen LogP contribution is -2.63. The van der Waals surface area contributed by atoms with Crippen LogP contribution in [0.2, 0.25) is 0 Å². The van der Waals surface area contributed by atoms with Crippen molar-refractivity contribution in [1.82, 2.24) is 47.0 Å². The van der Waals surface area contributed by atoms with E-state index in [2.05, 4.69) is 64.2 Å². The summed E-state index contributed by atoms with van der Waals surface area (Å²) in [5.74, 6) is -2.32. The molecule has 0 aromatic carbocycles. The average Bonchev–Trinajstić information content (AvgIpc) is 1.53. The van der Waals surface area contributed by atoms with E-state index < -0.39 is 159 Å². The number of amides is 9. The van der Waals surface area contributed by atoms with E-state index in [-0.39, 0.29) is 53.5 Å². The first-order valence-electron chi connectivity index (χ1n) is 35.2. The van der Waals surface area contributed by atoms with Gasteiger partial charge in [-0.3, -0.25) is 24.0 Å². The van der Waals surface area contributed by atoms with E-state index in [9.17, 15) is 70.5 Å². The van der Waals surface area contributed by atoms with Gasteiger partial charge in [-0.25, -0.2) is 31.2 Å². The Morgan fingerprint density at radius 3 is 1.27 bits per heavy atom. The molecule has 0 radical (unpaired) electrons. The highest BCUT2D eigenvalue weighted by molar-refractivity contribution is 7.93. The second kappa shape index (κ2) is 32.1. The number of carboxylic acid groups (broad SMARTS) is 1. The smallest absolute Gasteiger partial charge is 0.326 e. The highest BCUT2D eigenvalue weighted by Crippen LogP contribution is 2.66. The summed E-state index contributed by atoms with van der Waals surface area (Å²) in [6, 6.07) is -7.31. The first-order chi connectivity index (χ1) is 44.6. The van der Waals surface area contributed by atoms with Crippen molar-refractivity contribution in [3.8, 4) is 0 Å². The summed E-state index contributed by atoms with van der Waals surface area (Å²) in [7, 11) is -7.04. The fraction of sp³-hybridized carbons (Fsp3) is 0.829. The Bertz CT molecular complexity index is 3130. The summed E-state index contributed by atoms with van der Waals surface area (Å²) in [6.45, 7) is 37.5. The van der Waals surface area contributed by atoms with Gasteiger partial charge >= 0.3 is 18.0 Å². The zero-order valence-electron chi connectivity index (χ0n) is 61.1. The van der Waals surface area contributed by atoms with E-state index in [0.717, 1.165) is 44.9 Å². The molecule has 0 aromatic heterocycles. The van der Waals surface area contributed by atoms with E-state index in [1.165, 1.54) is 23.8 Å². The van der Waals surface area contributed by atoms with Gasteiger partial charge in [-0.2, -0.15) is 0 Å². The number of rotatable bonds is 23. The maximum atomic E-state index is 14.4. The lowest BCUT2D eigenvalue weighted by Gasteiger charge is -2.39. The number of aliphatic hydroxyl groups is 2. The molecule has 8 aliphatic rings. The standard InChI is InChI=1S/C35H59N5O7S.C25H43N3O6S.C10H18N2O2.ClH/c1-10-17-36-30(43)27(41)23(18-20-15-16-20)37-29(42)26-25-21(35(25,8)9)19-40(26)31(44)28(33(2,3)4)39-32(45)38-22-13-11-12-14-24(22)48(46,47)34(5,6)7;1-23(2,3)19(20(29)28-13-14-17(25(14,7)8)18(28)21(30)31)27-22(32)26-15-11-9-10-12-16(15)35(33,34)24(4,5)6;1-2-5-12-10(14)9(13)8(11)6-7-3-4-7;/h10,20-28,41H,1,11-19H2,2-9H3,(H,36,43)(H,37,42)(H2,38,39,45);14-19H,9-13H2,1-8H3,(H,30,31)(H2,26,27,32);2,7-9,13H,1,3-6,11H2,(H,12,14);1H/t21-,22-,23?,24+,25-,26-,27?,28+;14-,15-,16+,17-,18-,19+;;/m00../s1. The Labute approximate surface area is 589 Å². The molecule has 8 rings (SSSR count). The number of nitrogens with one attached hydrogen (secondary N) is 7. The summed E-state index contributed by atoms with van der Waals surface area (Å²) >= 11 is 0. The van der Waals surface area contributed by atoms with Crippen LogP contribution in [0.25, 0.3) is 0 Å². The number of likely N-dealkylation sites (tertiary alicyclic amines) is 2. The lowest BCUT2D eigenvalue weighted by molar-refractivity contribution is -0.152. The number of nitrogens with two attached hydrogens (primary N) is 1. The molecule has 0 bridgehead atoms. The molecular weight excluding hydrogens is 1320 g/mol. The second-order valence-electron chi connectivity index (χ2n) is 34.2. The van der Waals surface area contributed by atoms with Crippen molar-refractivity contribution in [3.63, 3.8) is 0 Å². The van der Waals surface area contributed by atoms with Crippen LogP contribution >= 0.6 is 12.4 Å². The van der Waals surface area contributed by atoms with Crippen LogP contribution < -0.4 is 43.0 Å². The number of carbonyl (C=O) groups is 8. The van der Waals surface area contributed by atoms with E-state index in [0.29, 0.717) is 63.6 Å². The van der Waals surface area contributed by atoms with Crippen LogP contribution in [0.4, 0.5) is 9.59 Å². The van der Waals surface area contributed by atoms with Gasteiger partial charge in [-0.1, -0.05) is 133 Å². The molecule has 98 heavy (non-hydrogen) atoms. The Hall–Kier alpha value is -5.09. The highest BCUT2D eigenvalue weighted by Gasteiger charge is 2.71. The van der Waals surface area contributed by atoms with Crippen LogP contribution in [0, 0.1) is 57.2 Å². The third kappa shape index (κ3) is 19.7. The van der Waals surface area contributed by atoms with Gasteiger partial charge in [0.1, 0.15) is 30.3 Å². The molecule has 6 aliphatic carbocycles. The normalized spacial score (nSPS) is 28.1. The number of nitrogens with zero attached hydrogens (tertiary/aromatic N) is 2. The fourth-order valence-electron chi connectivity index (χ4n) is 15.1. The summed E-state index contributed by atoms with van der Waals surface area (Å²) in [6.07, 6.45) is 11.2. The molecular formula is C70H121ClN10O15S2. The average molecular weight is 1440 g/mol. The number of hydrogen-bond donors (Lipinski definition) is 11. The second-order valence-corrected chi connectivity index (χ2v) is 40.1. The van der Waals surface area contributed by atoms with E-state index in [4.69, 9.17) is 5.73 Å². The number of piperidine rings is 2. The SMILES string of the molecule is C=CCNC(=O)C(O)C(CC1CC1)NC(=O)[C@@H]1[C@@H]2[C@H](CN1C(=O)[C@@H](NC(=O)N[C@H]1CCCC[C@H]1S(=O)(=O)C(C)(C)C)C(C)(C)C)C2(C)C.C=CCNC(=O)C(O)C(N)CC1CC1.CC(C)(C)[C@H](NC(=O)N[C@H]1CCCC[C@H]1S(=O)(=O)C(C)(C)C)C(=O)N1C[C@H]2[C@@H]([C@H]1C(=O)O)C2(C)C.Cl. The Kier molecular flexibility index (Phi) is 27.3. The molecule has 6 saturated carbocycles. The third-order valence-corrected chi connectivity index (χ3v) is 28.0. The van der Waals surface area contributed by atoms with Crippen molar-refractivity contribution in [1.29, 1.82) is 0 Å². The van der Waals surface area contributed by atoms with Gasteiger partial charge in [0.25, 0.3) is 11.8 Å². The number of fused-ring (bicyclic) bond motifs is 2. The molecule has 16 atom stereocenters. The summed E-state index contributed by atoms with van der Waals surface area (Å²) in [5, 5.41) is 48.3. The number of aliphatic carboxylic acids is 1. The van der Waals surface area contributed by atoms with Gasteiger partial charge in [0, 0.05) is 50.2 Å². The monoisotopic (exact) mass is 1440 g/mol. The number of aliphatic hydroxyl groups excluding tert-OH is 2. The molecule has 4 unspecified atom stereocenters. The van der Waals surface area contributed by atoms with Crippen molar-refractivity contribution < 1.29 is 70.5 Å². The minimum Gasteiger partial charge on any atom is -0.480 e. The van der Waals surface area contributed by atoms with Crippen molar-refractivity contribution >= 4 is 79.6 Å². The zero-order valence-corrected chi connectivity index (χ0v) is 63.6. The minimum atomic E-state index is -3.55. The van der Waals surface area contributed by atoms with Crippen LogP contribution in [0.3, 0.4) is 0 Å². The van der Waals surface area contributed by atoms with Crippen LogP contribution in [0.15, 0.2) is 25.3 Å². The van der Waals surface area contributed by atoms with Crippen LogP contribution in [-0.4, -0.2) is 196 Å². The number of carbonyl (C=O) groups excluding carboxylic acids is 7.